The predicted octanol–water partition coefficient (Wildman–Crippen LogP) is 3.59. The summed E-state index contributed by atoms with van der Waals surface area (Å²) >= 11 is 0. The molecule has 1 amide bonds. The van der Waals surface area contributed by atoms with Crippen molar-refractivity contribution in [1.82, 2.24) is 19.2 Å². The van der Waals surface area contributed by atoms with Crippen molar-refractivity contribution >= 4 is 28.9 Å². The fraction of sp³-hybridized carbons (Fsp3) is 0.217. The second kappa shape index (κ2) is 8.62. The summed E-state index contributed by atoms with van der Waals surface area (Å²) < 4.78 is 16.0. The van der Waals surface area contributed by atoms with E-state index in [1.165, 1.54) is 16.0 Å². The Balaban J connectivity index is 1.61. The highest BCUT2D eigenvalue weighted by Gasteiger charge is 2.16. The molecule has 164 valence electrons. The number of halogens is 1. The Morgan fingerprint density at radius 1 is 1.06 bits per heavy atom. The molecular formula is C23H23FN6O2. The number of nitrogens with one attached hydrogen (secondary N) is 2. The smallest absolute Gasteiger partial charge is 0.325 e. The number of rotatable bonds is 6. The largest absolute Gasteiger partial charge is 0.353 e. The lowest BCUT2D eigenvalue weighted by Gasteiger charge is -2.09. The van der Waals surface area contributed by atoms with Crippen molar-refractivity contribution in [3.8, 4) is 0 Å². The van der Waals surface area contributed by atoms with Crippen molar-refractivity contribution in [3.63, 3.8) is 0 Å². The molecule has 8 nitrogen and oxygen atoms in total. The van der Waals surface area contributed by atoms with Crippen LogP contribution in [0.1, 0.15) is 23.7 Å². The van der Waals surface area contributed by atoms with E-state index in [0.717, 1.165) is 11.1 Å². The molecular weight excluding hydrogens is 411 g/mol. The minimum atomic E-state index is -0.509. The Morgan fingerprint density at radius 2 is 1.78 bits per heavy atom. The van der Waals surface area contributed by atoms with Gasteiger partial charge in [-0.2, -0.15) is 0 Å². The molecule has 4 rings (SSSR count). The maximum atomic E-state index is 13.6. The van der Waals surface area contributed by atoms with Crippen molar-refractivity contribution in [2.45, 2.75) is 33.7 Å². The monoisotopic (exact) mass is 434 g/mol. The molecule has 2 N–H and O–H groups in total. The van der Waals surface area contributed by atoms with Crippen molar-refractivity contribution < 1.29 is 9.18 Å². The number of carbonyl (C=O) groups excluding carboxylic acids is 1. The zero-order valence-corrected chi connectivity index (χ0v) is 18.0. The lowest BCUT2D eigenvalue weighted by Crippen LogP contribution is -2.29. The summed E-state index contributed by atoms with van der Waals surface area (Å²) in [5.74, 6) is -0.454. The minimum absolute atomic E-state index is 0.234. The Kier molecular flexibility index (Phi) is 5.72. The van der Waals surface area contributed by atoms with Gasteiger partial charge in [-0.1, -0.05) is 19.1 Å². The average Bonchev–Trinajstić information content (AvgIpc) is 3.06. The molecule has 0 saturated heterocycles. The maximum absolute atomic E-state index is 13.6. The first-order valence-electron chi connectivity index (χ1n) is 10.2. The SMILES string of the molecule is CCc1ccc(NC(=O)Cn2nc3cc(C)nc(Nc4ccc(F)c(C)c4)n3c2=O)cc1. The summed E-state index contributed by atoms with van der Waals surface area (Å²) in [7, 11) is 0. The third-order valence-electron chi connectivity index (χ3n) is 5.05. The van der Waals surface area contributed by atoms with Crippen LogP contribution in [-0.2, 0) is 17.8 Å². The third kappa shape index (κ3) is 4.36. The highest BCUT2D eigenvalue weighted by molar-refractivity contribution is 5.90. The van der Waals surface area contributed by atoms with Gasteiger partial charge >= 0.3 is 5.69 Å². The van der Waals surface area contributed by atoms with Gasteiger partial charge in [-0.25, -0.2) is 23.3 Å². The summed E-state index contributed by atoms with van der Waals surface area (Å²) in [5, 5.41) is 10.1. The molecule has 0 aliphatic carbocycles. The summed E-state index contributed by atoms with van der Waals surface area (Å²) in [5.41, 5.74) is 3.34. The molecule has 0 unspecified atom stereocenters. The average molecular weight is 434 g/mol. The van der Waals surface area contributed by atoms with E-state index in [9.17, 15) is 14.0 Å². The molecule has 0 spiro atoms. The number of aryl methyl sites for hydroxylation is 3. The first kappa shape index (κ1) is 21.2. The topological polar surface area (TPSA) is 93.3 Å². The number of hydrogen-bond donors (Lipinski definition) is 2. The Hall–Kier alpha value is -4.01. The third-order valence-corrected chi connectivity index (χ3v) is 5.05. The molecule has 2 aromatic carbocycles. The predicted molar refractivity (Wildman–Crippen MR) is 121 cm³/mol. The number of fused-ring (bicyclic) bond motifs is 1. The molecule has 2 aromatic heterocycles. The lowest BCUT2D eigenvalue weighted by molar-refractivity contribution is -0.117. The van der Waals surface area contributed by atoms with Crippen LogP contribution in [0.4, 0.5) is 21.7 Å². The van der Waals surface area contributed by atoms with Gasteiger partial charge in [0.15, 0.2) is 5.65 Å². The van der Waals surface area contributed by atoms with E-state index >= 15 is 0 Å². The van der Waals surface area contributed by atoms with Gasteiger partial charge in [-0.3, -0.25) is 4.79 Å². The highest BCUT2D eigenvalue weighted by Crippen LogP contribution is 2.19. The van der Waals surface area contributed by atoms with Crippen molar-refractivity contribution in [3.05, 3.63) is 81.7 Å². The van der Waals surface area contributed by atoms with Gasteiger partial charge in [0.1, 0.15) is 12.4 Å². The van der Waals surface area contributed by atoms with Gasteiger partial charge < -0.3 is 10.6 Å². The number of aromatic nitrogens is 4. The van der Waals surface area contributed by atoms with Crippen LogP contribution in [0, 0.1) is 19.7 Å². The van der Waals surface area contributed by atoms with Gasteiger partial charge in [0.2, 0.25) is 11.9 Å². The van der Waals surface area contributed by atoms with Crippen LogP contribution < -0.4 is 16.3 Å². The Labute approximate surface area is 183 Å². The molecule has 2 heterocycles. The zero-order valence-electron chi connectivity index (χ0n) is 18.0. The van der Waals surface area contributed by atoms with Crippen molar-refractivity contribution in [2.24, 2.45) is 0 Å². The van der Waals surface area contributed by atoms with Crippen LogP contribution in [0.15, 0.2) is 53.3 Å². The van der Waals surface area contributed by atoms with Crippen molar-refractivity contribution in [1.29, 1.82) is 0 Å². The molecule has 0 aliphatic heterocycles. The Morgan fingerprint density at radius 3 is 2.47 bits per heavy atom. The number of carbonyl (C=O) groups is 1. The molecule has 0 bridgehead atoms. The van der Waals surface area contributed by atoms with Crippen molar-refractivity contribution in [2.75, 3.05) is 10.6 Å². The van der Waals surface area contributed by atoms with E-state index in [1.807, 2.05) is 24.3 Å². The molecule has 0 aliphatic rings. The highest BCUT2D eigenvalue weighted by atomic mass is 19.1. The molecule has 9 heteroatoms. The second-order valence-electron chi connectivity index (χ2n) is 7.54. The number of amides is 1. The van der Waals surface area contributed by atoms with Gasteiger partial charge in [-0.05, 0) is 61.7 Å². The van der Waals surface area contributed by atoms with Gasteiger partial charge in [0.25, 0.3) is 0 Å². The molecule has 0 saturated carbocycles. The number of benzene rings is 2. The van der Waals surface area contributed by atoms with Crippen LogP contribution in [0.3, 0.4) is 0 Å². The van der Waals surface area contributed by atoms with E-state index < -0.39 is 5.69 Å². The minimum Gasteiger partial charge on any atom is -0.325 e. The van der Waals surface area contributed by atoms with Crippen LogP contribution >= 0.6 is 0 Å². The normalized spacial score (nSPS) is 11.0. The first-order chi connectivity index (χ1) is 15.3. The second-order valence-corrected chi connectivity index (χ2v) is 7.54. The van der Waals surface area contributed by atoms with E-state index in [2.05, 4.69) is 27.6 Å². The quantitative estimate of drug-likeness (QED) is 0.484. The van der Waals surface area contributed by atoms with Gasteiger partial charge in [0.05, 0.1) is 0 Å². The molecule has 0 atom stereocenters. The standard InChI is InChI=1S/C23H23FN6O2/c1-4-16-5-7-17(8-6-16)26-21(31)13-29-23(32)30-20(28-29)12-15(3)25-22(30)27-18-9-10-19(24)14(2)11-18/h5-12H,4,13H2,1-3H3,(H,25,27)(H,26,31). The van der Waals surface area contributed by atoms with Crippen LogP contribution in [0.2, 0.25) is 0 Å². The summed E-state index contributed by atoms with van der Waals surface area (Å²) in [6.45, 7) is 5.24. The number of anilines is 3. The maximum Gasteiger partial charge on any atom is 0.353 e. The fourth-order valence-electron chi connectivity index (χ4n) is 3.35. The molecule has 32 heavy (non-hydrogen) atoms. The number of nitrogens with zero attached hydrogens (tertiary/aromatic N) is 4. The van der Waals surface area contributed by atoms with E-state index in [-0.39, 0.29) is 24.2 Å². The summed E-state index contributed by atoms with van der Waals surface area (Å²) in [6.07, 6.45) is 0.909. The molecule has 0 fully saturated rings. The zero-order chi connectivity index (χ0) is 22.8. The van der Waals surface area contributed by atoms with Gasteiger partial charge in [0, 0.05) is 23.1 Å². The van der Waals surface area contributed by atoms with Crippen LogP contribution in [-0.4, -0.2) is 25.1 Å². The lowest BCUT2D eigenvalue weighted by atomic mass is 10.1. The van der Waals surface area contributed by atoms with Gasteiger partial charge in [-0.15, -0.1) is 5.10 Å². The first-order valence-corrected chi connectivity index (χ1v) is 10.2. The van der Waals surface area contributed by atoms with E-state index in [0.29, 0.717) is 28.3 Å². The van der Waals surface area contributed by atoms with Crippen LogP contribution in [0.5, 0.6) is 0 Å². The van der Waals surface area contributed by atoms with Crippen LogP contribution in [0.25, 0.3) is 5.65 Å². The van der Waals surface area contributed by atoms with E-state index in [1.54, 1.807) is 32.0 Å². The molecule has 0 radical (unpaired) electrons. The fourth-order valence-corrected chi connectivity index (χ4v) is 3.35. The summed E-state index contributed by atoms with van der Waals surface area (Å²) in [6, 6.07) is 13.7. The van der Waals surface area contributed by atoms with E-state index in [4.69, 9.17) is 0 Å². The Bertz CT molecular complexity index is 1360. The number of hydrogen-bond acceptors (Lipinski definition) is 5. The summed E-state index contributed by atoms with van der Waals surface area (Å²) in [4.78, 5) is 29.9. The molecule has 4 aromatic rings.